The van der Waals surface area contributed by atoms with Gasteiger partial charge < -0.3 is 15.2 Å². The van der Waals surface area contributed by atoms with Crippen molar-refractivity contribution in [2.45, 2.75) is 24.9 Å². The number of rotatable bonds is 1. The molecule has 0 radical (unpaired) electrons. The van der Waals surface area contributed by atoms with Crippen molar-refractivity contribution in [2.24, 2.45) is 21.6 Å². The summed E-state index contributed by atoms with van der Waals surface area (Å²) in [6.45, 7) is 2.12. The Morgan fingerprint density at radius 3 is 2.74 bits per heavy atom. The first-order chi connectivity index (χ1) is 11.0. The van der Waals surface area contributed by atoms with Gasteiger partial charge in [-0.2, -0.15) is 10.5 Å². The summed E-state index contributed by atoms with van der Waals surface area (Å²) in [5.41, 5.74) is 4.28. The SMILES string of the molecule is C[C@H]1CO[C@@]2(N=C(N)[C@@]3(C#N)[C@@H](c4cccc(Cl)c4)[C@@]23C#N)O1. The van der Waals surface area contributed by atoms with Gasteiger partial charge in [0.1, 0.15) is 11.3 Å². The Labute approximate surface area is 138 Å². The van der Waals surface area contributed by atoms with Crippen molar-refractivity contribution >= 4 is 17.4 Å². The van der Waals surface area contributed by atoms with E-state index in [1.807, 2.05) is 13.0 Å². The van der Waals surface area contributed by atoms with Gasteiger partial charge in [-0.15, -0.1) is 0 Å². The molecule has 6 nitrogen and oxygen atoms in total. The standard InChI is InChI=1S/C16H13ClN4O2/c1-9-6-22-16(23-9)15(8-19)12(10-3-2-4-11(17)5-10)14(15,7-18)13(20)21-16/h2-5,9,12H,6H2,1H3,(H2,20,21)/t9-,12+,14+,15+,16+/m0/s1. The molecule has 1 aromatic rings. The summed E-state index contributed by atoms with van der Waals surface area (Å²) < 4.78 is 11.6. The van der Waals surface area contributed by atoms with Crippen molar-refractivity contribution in [3.8, 4) is 12.1 Å². The average molecular weight is 329 g/mol. The van der Waals surface area contributed by atoms with Crippen LogP contribution in [-0.2, 0) is 9.47 Å². The van der Waals surface area contributed by atoms with Gasteiger partial charge in [0.25, 0.3) is 5.91 Å². The van der Waals surface area contributed by atoms with Crippen LogP contribution in [-0.4, -0.2) is 24.5 Å². The molecule has 2 N–H and O–H groups in total. The van der Waals surface area contributed by atoms with Gasteiger partial charge in [-0.25, -0.2) is 4.99 Å². The Morgan fingerprint density at radius 1 is 1.39 bits per heavy atom. The van der Waals surface area contributed by atoms with E-state index < -0.39 is 22.7 Å². The lowest BCUT2D eigenvalue weighted by molar-refractivity contribution is -0.193. The smallest absolute Gasteiger partial charge is 0.293 e. The average Bonchev–Trinajstić information content (AvgIpc) is 2.93. The lowest BCUT2D eigenvalue weighted by atomic mass is 9.94. The summed E-state index contributed by atoms with van der Waals surface area (Å²) in [4.78, 5) is 4.26. The predicted molar refractivity (Wildman–Crippen MR) is 81.1 cm³/mol. The number of fused-ring (bicyclic) bond motifs is 2. The zero-order valence-corrected chi connectivity index (χ0v) is 13.0. The zero-order valence-electron chi connectivity index (χ0n) is 12.3. The fourth-order valence-corrected chi connectivity index (χ4v) is 4.25. The number of halogens is 1. The maximum absolute atomic E-state index is 9.97. The summed E-state index contributed by atoms with van der Waals surface area (Å²) in [6, 6.07) is 11.5. The normalized spacial score (nSPS) is 43.6. The van der Waals surface area contributed by atoms with E-state index >= 15 is 0 Å². The number of amidine groups is 1. The second kappa shape index (κ2) is 4.24. The quantitative estimate of drug-likeness (QED) is 0.848. The van der Waals surface area contributed by atoms with Gasteiger partial charge in [-0.05, 0) is 24.6 Å². The number of hydrogen-bond donors (Lipinski definition) is 1. The van der Waals surface area contributed by atoms with Crippen LogP contribution >= 0.6 is 11.6 Å². The Balaban J connectivity index is 1.93. The van der Waals surface area contributed by atoms with Gasteiger partial charge in [0.15, 0.2) is 5.41 Å². The first kappa shape index (κ1) is 14.5. The second-order valence-electron chi connectivity index (χ2n) is 6.15. The van der Waals surface area contributed by atoms with Crippen LogP contribution in [0.2, 0.25) is 5.02 Å². The van der Waals surface area contributed by atoms with Crippen LogP contribution in [0.25, 0.3) is 0 Å². The number of hydrogen-bond acceptors (Lipinski definition) is 6. The molecule has 1 saturated carbocycles. The highest BCUT2D eigenvalue weighted by molar-refractivity contribution is 6.30. The number of nitrogens with two attached hydrogens (primary N) is 1. The minimum Gasteiger partial charge on any atom is -0.386 e. The molecule has 23 heavy (non-hydrogen) atoms. The second-order valence-corrected chi connectivity index (χ2v) is 6.58. The van der Waals surface area contributed by atoms with Gasteiger partial charge in [-0.1, -0.05) is 23.7 Å². The molecular weight excluding hydrogens is 316 g/mol. The molecule has 1 spiro atoms. The predicted octanol–water partition coefficient (Wildman–Crippen LogP) is 1.92. The van der Waals surface area contributed by atoms with E-state index in [2.05, 4.69) is 17.1 Å². The van der Waals surface area contributed by atoms with Gasteiger partial charge in [-0.3, -0.25) is 0 Å². The molecule has 1 aromatic carbocycles. The van der Waals surface area contributed by atoms with Gasteiger partial charge in [0.05, 0.1) is 24.8 Å². The minimum absolute atomic E-state index is 0.0839. The first-order valence-electron chi connectivity index (χ1n) is 7.23. The molecule has 0 bridgehead atoms. The maximum Gasteiger partial charge on any atom is 0.293 e. The van der Waals surface area contributed by atoms with Crippen molar-refractivity contribution in [3.63, 3.8) is 0 Å². The molecule has 2 heterocycles. The van der Waals surface area contributed by atoms with Crippen LogP contribution in [0.4, 0.5) is 0 Å². The van der Waals surface area contributed by atoms with Crippen LogP contribution in [0, 0.1) is 33.5 Å². The maximum atomic E-state index is 9.97. The van der Waals surface area contributed by atoms with E-state index in [0.717, 1.165) is 5.56 Å². The van der Waals surface area contributed by atoms with E-state index in [9.17, 15) is 10.5 Å². The van der Waals surface area contributed by atoms with Crippen LogP contribution in [0.5, 0.6) is 0 Å². The van der Waals surface area contributed by atoms with Crippen molar-refractivity contribution < 1.29 is 9.47 Å². The molecule has 0 aromatic heterocycles. The third-order valence-corrected chi connectivity index (χ3v) is 5.22. The van der Waals surface area contributed by atoms with Crippen molar-refractivity contribution in [3.05, 3.63) is 34.9 Å². The summed E-state index contributed by atoms with van der Waals surface area (Å²) in [5.74, 6) is -1.93. The van der Waals surface area contributed by atoms with E-state index in [1.54, 1.807) is 18.2 Å². The fourth-order valence-electron chi connectivity index (χ4n) is 4.05. The van der Waals surface area contributed by atoms with Crippen molar-refractivity contribution in [1.29, 1.82) is 10.5 Å². The monoisotopic (exact) mass is 328 g/mol. The summed E-state index contributed by atoms with van der Waals surface area (Å²) in [6.07, 6.45) is -0.230. The van der Waals surface area contributed by atoms with E-state index in [0.29, 0.717) is 11.6 Å². The Bertz CT molecular complexity index is 828. The van der Waals surface area contributed by atoms with Crippen LogP contribution in [0.3, 0.4) is 0 Å². The summed E-state index contributed by atoms with van der Waals surface area (Å²) in [5, 5.41) is 20.3. The summed E-state index contributed by atoms with van der Waals surface area (Å²) in [7, 11) is 0. The highest BCUT2D eigenvalue weighted by atomic mass is 35.5. The number of nitrogens with zero attached hydrogens (tertiary/aromatic N) is 3. The van der Waals surface area contributed by atoms with Gasteiger partial charge >= 0.3 is 0 Å². The van der Waals surface area contributed by atoms with Crippen LogP contribution in [0.1, 0.15) is 18.4 Å². The summed E-state index contributed by atoms with van der Waals surface area (Å²) >= 11 is 6.07. The Hall–Kier alpha value is -2.12. The highest BCUT2D eigenvalue weighted by Gasteiger charge is 2.94. The Kier molecular flexibility index (Phi) is 2.67. The minimum atomic E-state index is -1.52. The molecular formula is C16H13ClN4O2. The molecule has 3 aliphatic rings. The topological polar surface area (TPSA) is 104 Å². The van der Waals surface area contributed by atoms with E-state index in [-0.39, 0.29) is 11.9 Å². The van der Waals surface area contributed by atoms with E-state index in [1.165, 1.54) is 0 Å². The molecule has 7 heteroatoms. The molecule has 2 aliphatic heterocycles. The molecule has 5 atom stereocenters. The molecule has 116 valence electrons. The highest BCUT2D eigenvalue weighted by Crippen LogP contribution is 2.82. The molecule has 0 amide bonds. The number of nitriles is 2. The number of aliphatic imine (C=N–C) groups is 1. The number of ether oxygens (including phenoxy) is 2. The lowest BCUT2D eigenvalue weighted by Crippen LogP contribution is -2.39. The van der Waals surface area contributed by atoms with Crippen LogP contribution < -0.4 is 5.73 Å². The van der Waals surface area contributed by atoms with E-state index in [4.69, 9.17) is 26.8 Å². The third kappa shape index (κ3) is 1.38. The lowest BCUT2D eigenvalue weighted by Gasteiger charge is -2.26. The Morgan fingerprint density at radius 2 is 2.17 bits per heavy atom. The third-order valence-electron chi connectivity index (χ3n) is 4.98. The fraction of sp³-hybridized carbons (Fsp3) is 0.438. The van der Waals surface area contributed by atoms with Crippen molar-refractivity contribution in [1.82, 2.24) is 0 Å². The van der Waals surface area contributed by atoms with Gasteiger partial charge in [0.2, 0.25) is 0 Å². The molecule has 2 fully saturated rings. The van der Waals surface area contributed by atoms with Crippen molar-refractivity contribution in [2.75, 3.05) is 6.61 Å². The molecule has 4 rings (SSSR count). The number of benzene rings is 1. The zero-order chi connectivity index (χ0) is 16.5. The van der Waals surface area contributed by atoms with Gasteiger partial charge in [0, 0.05) is 10.9 Å². The first-order valence-corrected chi connectivity index (χ1v) is 7.61. The molecule has 1 aliphatic carbocycles. The van der Waals surface area contributed by atoms with Crippen LogP contribution in [0.15, 0.2) is 29.3 Å². The molecule has 1 saturated heterocycles. The molecule has 0 unspecified atom stereocenters. The largest absolute Gasteiger partial charge is 0.386 e.